The summed E-state index contributed by atoms with van der Waals surface area (Å²) in [6.45, 7) is 6.69. The third kappa shape index (κ3) is 2.29. The van der Waals surface area contributed by atoms with Gasteiger partial charge in [-0.05, 0) is 43.7 Å². The van der Waals surface area contributed by atoms with Gasteiger partial charge in [0.25, 0.3) is 0 Å². The first-order valence-corrected chi connectivity index (χ1v) is 7.45. The smallest absolute Gasteiger partial charge is 0.106 e. The first-order chi connectivity index (χ1) is 8.48. The van der Waals surface area contributed by atoms with Crippen LogP contribution in [0.4, 0.5) is 0 Å². The predicted octanol–water partition coefficient (Wildman–Crippen LogP) is 4.29. The van der Waals surface area contributed by atoms with Crippen molar-refractivity contribution in [3.8, 4) is 0 Å². The van der Waals surface area contributed by atoms with Crippen LogP contribution in [0.5, 0.6) is 0 Å². The summed E-state index contributed by atoms with van der Waals surface area (Å²) in [6.07, 6.45) is 2.43. The largest absolute Gasteiger partial charge is 0.399 e. The van der Waals surface area contributed by atoms with E-state index in [0.29, 0.717) is 5.92 Å². The number of hydrogen-bond acceptors (Lipinski definition) is 2. The Labute approximate surface area is 123 Å². The van der Waals surface area contributed by atoms with Crippen LogP contribution in [0.15, 0.2) is 23.4 Å². The Bertz CT molecular complexity index is 479. The van der Waals surface area contributed by atoms with Gasteiger partial charge in [-0.1, -0.05) is 52.9 Å². The van der Waals surface area contributed by atoms with Crippen LogP contribution >= 0.6 is 22.6 Å². The number of fused-ring (bicyclic) bond motifs is 1. The van der Waals surface area contributed by atoms with E-state index in [9.17, 15) is 0 Å². The fourth-order valence-electron chi connectivity index (χ4n) is 2.76. The van der Waals surface area contributed by atoms with Crippen LogP contribution in [0.1, 0.15) is 43.9 Å². The Morgan fingerprint density at radius 3 is 2.89 bits per heavy atom. The summed E-state index contributed by atoms with van der Waals surface area (Å²) >= 11 is 2.60. The van der Waals surface area contributed by atoms with Crippen molar-refractivity contribution in [1.82, 2.24) is 0 Å². The number of rotatable bonds is 2. The van der Waals surface area contributed by atoms with Crippen molar-refractivity contribution >= 4 is 28.3 Å². The minimum absolute atomic E-state index is 0.173. The van der Waals surface area contributed by atoms with E-state index in [1.807, 2.05) is 6.92 Å². The maximum Gasteiger partial charge on any atom is 0.106 e. The molecule has 2 atom stereocenters. The molecule has 1 aromatic carbocycles. The number of hydrogen-bond donors (Lipinski definition) is 0. The molecule has 0 bridgehead atoms. The molecule has 0 aliphatic heterocycles. The molecule has 18 heavy (non-hydrogen) atoms. The van der Waals surface area contributed by atoms with Gasteiger partial charge in [0.15, 0.2) is 0 Å². The van der Waals surface area contributed by atoms with Gasteiger partial charge in [0, 0.05) is 8.99 Å². The fourth-order valence-corrected chi connectivity index (χ4v) is 3.71. The Kier molecular flexibility index (Phi) is 3.99. The van der Waals surface area contributed by atoms with E-state index in [1.54, 1.807) is 7.11 Å². The molecule has 3 heteroatoms. The lowest BCUT2D eigenvalue weighted by Crippen LogP contribution is -2.31. The molecule has 0 radical (unpaired) electrons. The Balaban J connectivity index is 2.62. The number of alkyl halides is 1. The molecular weight excluding hydrogens is 337 g/mol. The summed E-state index contributed by atoms with van der Waals surface area (Å²) in [5.74, 6) is 0.682. The number of nitrogens with zero attached hydrogens (tertiary/aromatic N) is 1. The van der Waals surface area contributed by atoms with Crippen LogP contribution < -0.4 is 0 Å². The Morgan fingerprint density at radius 1 is 1.50 bits per heavy atom. The van der Waals surface area contributed by atoms with E-state index in [-0.39, 0.29) is 3.42 Å². The highest BCUT2D eigenvalue weighted by Crippen LogP contribution is 2.47. The fraction of sp³-hybridized carbons (Fsp3) is 0.533. The van der Waals surface area contributed by atoms with Gasteiger partial charge in [-0.3, -0.25) is 0 Å². The molecule has 0 heterocycles. The van der Waals surface area contributed by atoms with Crippen LogP contribution in [0.2, 0.25) is 0 Å². The first kappa shape index (κ1) is 13.8. The van der Waals surface area contributed by atoms with Gasteiger partial charge in [-0.15, -0.1) is 0 Å². The highest BCUT2D eigenvalue weighted by Gasteiger charge is 2.37. The third-order valence-electron chi connectivity index (χ3n) is 4.03. The molecule has 0 saturated carbocycles. The van der Waals surface area contributed by atoms with Crippen molar-refractivity contribution in [1.29, 1.82) is 0 Å². The molecule has 0 fully saturated rings. The summed E-state index contributed by atoms with van der Waals surface area (Å²) in [6, 6.07) is 6.54. The molecule has 2 rings (SSSR count). The van der Waals surface area contributed by atoms with Gasteiger partial charge in [0.05, 0.1) is 5.71 Å². The van der Waals surface area contributed by atoms with E-state index in [1.165, 1.54) is 29.5 Å². The van der Waals surface area contributed by atoms with Crippen molar-refractivity contribution in [3.05, 3.63) is 34.9 Å². The van der Waals surface area contributed by atoms with E-state index in [0.717, 1.165) is 5.71 Å². The average Bonchev–Trinajstić information content (AvgIpc) is 2.34. The second kappa shape index (κ2) is 5.19. The van der Waals surface area contributed by atoms with Crippen LogP contribution in [0, 0.1) is 5.92 Å². The molecule has 0 saturated heterocycles. The zero-order chi connectivity index (χ0) is 13.3. The number of aryl methyl sites for hydroxylation is 1. The summed E-state index contributed by atoms with van der Waals surface area (Å²) in [7, 11) is 1.60. The van der Waals surface area contributed by atoms with Gasteiger partial charge in [0.2, 0.25) is 0 Å². The van der Waals surface area contributed by atoms with Crippen LogP contribution in [0.25, 0.3) is 0 Å². The van der Waals surface area contributed by atoms with Crippen LogP contribution in [-0.4, -0.2) is 12.8 Å². The monoisotopic (exact) mass is 357 g/mol. The van der Waals surface area contributed by atoms with E-state index >= 15 is 0 Å². The van der Waals surface area contributed by atoms with Crippen molar-refractivity contribution < 1.29 is 4.84 Å². The zero-order valence-corrected chi connectivity index (χ0v) is 13.6. The molecule has 2 unspecified atom stereocenters. The van der Waals surface area contributed by atoms with Crippen molar-refractivity contribution in [2.45, 2.75) is 37.0 Å². The molecule has 1 aromatic rings. The molecule has 1 aliphatic rings. The summed E-state index contributed by atoms with van der Waals surface area (Å²) in [4.78, 5) is 4.93. The maximum atomic E-state index is 4.93. The molecule has 2 nitrogen and oxygen atoms in total. The highest BCUT2D eigenvalue weighted by molar-refractivity contribution is 14.1. The molecule has 1 aliphatic carbocycles. The van der Waals surface area contributed by atoms with Crippen molar-refractivity contribution in [3.63, 3.8) is 0 Å². The molecule has 0 N–H and O–H groups in total. The quantitative estimate of drug-likeness (QED) is 0.335. The van der Waals surface area contributed by atoms with E-state index in [2.05, 4.69) is 59.8 Å². The summed E-state index contributed by atoms with van der Waals surface area (Å²) in [5, 5.41) is 4.11. The van der Waals surface area contributed by atoms with Crippen molar-refractivity contribution in [2.75, 3.05) is 7.11 Å². The van der Waals surface area contributed by atoms with E-state index in [4.69, 9.17) is 4.84 Å². The Hall–Kier alpha value is -0.580. The lowest BCUT2D eigenvalue weighted by Gasteiger charge is -2.38. The van der Waals surface area contributed by atoms with E-state index < -0.39 is 0 Å². The second-order valence-corrected chi connectivity index (χ2v) is 7.46. The van der Waals surface area contributed by atoms with Crippen molar-refractivity contribution in [2.24, 2.45) is 11.1 Å². The van der Waals surface area contributed by atoms with Crippen LogP contribution in [0.3, 0.4) is 0 Å². The SMILES string of the molecule is CO/N=C(/C)c1cccc2c1C(C)(I)C(C)CC2. The van der Waals surface area contributed by atoms with Gasteiger partial charge >= 0.3 is 0 Å². The molecule has 0 spiro atoms. The lowest BCUT2D eigenvalue weighted by molar-refractivity contribution is 0.213. The summed E-state index contributed by atoms with van der Waals surface area (Å²) < 4.78 is 0.173. The van der Waals surface area contributed by atoms with Gasteiger partial charge < -0.3 is 4.84 Å². The predicted molar refractivity (Wildman–Crippen MR) is 84.5 cm³/mol. The maximum absolute atomic E-state index is 4.93. The topological polar surface area (TPSA) is 21.6 Å². The second-order valence-electron chi connectivity index (χ2n) is 5.21. The molecular formula is C15H20INO. The highest BCUT2D eigenvalue weighted by atomic mass is 127. The Morgan fingerprint density at radius 2 is 2.22 bits per heavy atom. The minimum Gasteiger partial charge on any atom is -0.399 e. The third-order valence-corrected chi connectivity index (χ3v) is 5.63. The first-order valence-electron chi connectivity index (χ1n) is 6.38. The van der Waals surface area contributed by atoms with Gasteiger partial charge in [-0.2, -0.15) is 0 Å². The van der Waals surface area contributed by atoms with Gasteiger partial charge in [0.1, 0.15) is 7.11 Å². The zero-order valence-electron chi connectivity index (χ0n) is 11.5. The number of benzene rings is 1. The lowest BCUT2D eigenvalue weighted by atomic mass is 9.74. The number of halogens is 1. The van der Waals surface area contributed by atoms with Crippen LogP contribution in [-0.2, 0) is 14.7 Å². The molecule has 0 amide bonds. The minimum atomic E-state index is 0.173. The standard InChI is InChI=1S/C15H20INO/c1-10-8-9-12-6-5-7-13(11(2)17-18-4)14(12)15(10,3)16/h5-7,10H,8-9H2,1-4H3/b17-11-. The normalized spacial score (nSPS) is 27.8. The summed E-state index contributed by atoms with van der Waals surface area (Å²) in [5.41, 5.74) is 5.11. The number of oxime groups is 1. The molecule has 0 aromatic heterocycles. The molecule has 98 valence electrons. The average molecular weight is 357 g/mol. The van der Waals surface area contributed by atoms with Gasteiger partial charge in [-0.25, -0.2) is 0 Å².